The molecule has 1 aromatic carbocycles. The molecule has 0 amide bonds. The predicted molar refractivity (Wildman–Crippen MR) is 109 cm³/mol. The number of aromatic hydroxyl groups is 1. The summed E-state index contributed by atoms with van der Waals surface area (Å²) in [4.78, 5) is 11.2. The van der Waals surface area contributed by atoms with Crippen LogP contribution in [0.4, 0.5) is 0 Å². The van der Waals surface area contributed by atoms with Gasteiger partial charge in [0.2, 0.25) is 5.88 Å². The van der Waals surface area contributed by atoms with Crippen LogP contribution in [0.5, 0.6) is 5.88 Å². The lowest BCUT2D eigenvalue weighted by Crippen LogP contribution is -2.02. The second-order valence-corrected chi connectivity index (χ2v) is 8.10. The maximum absolute atomic E-state index is 10.7. The predicted octanol–water partition coefficient (Wildman–Crippen LogP) is 4.48. The first-order valence-corrected chi connectivity index (χ1v) is 9.71. The first-order chi connectivity index (χ1) is 12.5. The van der Waals surface area contributed by atoms with Crippen molar-refractivity contribution in [3.8, 4) is 5.88 Å². The first-order valence-electron chi connectivity index (χ1n) is 7.69. The summed E-state index contributed by atoms with van der Waals surface area (Å²) >= 11 is 9.96. The van der Waals surface area contributed by atoms with Gasteiger partial charge in [0.05, 0.1) is 11.1 Å². The molecule has 0 aliphatic carbocycles. The quantitative estimate of drug-likeness (QED) is 0.633. The molecule has 6 nitrogen and oxygen atoms in total. The number of carboxylic acid groups (broad SMARTS) is 1. The molecule has 1 aromatic heterocycles. The van der Waals surface area contributed by atoms with Crippen molar-refractivity contribution in [1.29, 1.82) is 0 Å². The van der Waals surface area contributed by atoms with E-state index in [-0.39, 0.29) is 12.3 Å². The maximum Gasteiger partial charge on any atom is 0.303 e. The van der Waals surface area contributed by atoms with Gasteiger partial charge >= 0.3 is 5.97 Å². The Morgan fingerprint density at radius 1 is 1.35 bits per heavy atom. The molecule has 0 unspecified atom stereocenters. The number of carboxylic acids is 1. The van der Waals surface area contributed by atoms with Crippen LogP contribution in [0.1, 0.15) is 23.3 Å². The lowest BCUT2D eigenvalue weighted by Gasteiger charge is -2.04. The van der Waals surface area contributed by atoms with Crippen LogP contribution in [0.3, 0.4) is 0 Å². The Bertz CT molecular complexity index is 988. The van der Waals surface area contributed by atoms with E-state index in [9.17, 15) is 9.90 Å². The van der Waals surface area contributed by atoms with Crippen molar-refractivity contribution in [2.24, 2.45) is 10.2 Å². The Balaban J connectivity index is 1.86. The van der Waals surface area contributed by atoms with E-state index in [1.54, 1.807) is 16.9 Å². The Morgan fingerprint density at radius 2 is 2.08 bits per heavy atom. The fourth-order valence-corrected chi connectivity index (χ4v) is 4.02. The summed E-state index contributed by atoms with van der Waals surface area (Å²) in [6, 6.07) is 7.72. The van der Waals surface area contributed by atoms with Gasteiger partial charge in [-0.2, -0.15) is 5.10 Å². The number of carbonyl (C=O) groups is 1. The van der Waals surface area contributed by atoms with Crippen molar-refractivity contribution in [1.82, 2.24) is 4.57 Å². The lowest BCUT2D eigenvalue weighted by atomic mass is 10.0. The minimum Gasteiger partial charge on any atom is -0.493 e. The largest absolute Gasteiger partial charge is 0.493 e. The lowest BCUT2D eigenvalue weighted by molar-refractivity contribution is -0.137. The van der Waals surface area contributed by atoms with Crippen molar-refractivity contribution in [2.75, 3.05) is 0 Å². The third kappa shape index (κ3) is 4.17. The molecule has 3 rings (SSSR count). The van der Waals surface area contributed by atoms with Gasteiger partial charge in [-0.25, -0.2) is 0 Å². The van der Waals surface area contributed by atoms with Crippen molar-refractivity contribution in [3.63, 3.8) is 0 Å². The topological polar surface area (TPSA) is 87.2 Å². The molecule has 1 aliphatic rings. The molecule has 0 bridgehead atoms. The van der Waals surface area contributed by atoms with Crippen molar-refractivity contribution in [2.45, 2.75) is 19.4 Å². The highest BCUT2D eigenvalue weighted by molar-refractivity contribution is 9.10. The summed E-state index contributed by atoms with van der Waals surface area (Å²) in [6.45, 7) is 0.360. The molecular weight excluding hydrogens is 438 g/mol. The summed E-state index contributed by atoms with van der Waals surface area (Å²) in [5.74, 6) is -0.834. The van der Waals surface area contributed by atoms with Gasteiger partial charge in [-0.3, -0.25) is 9.36 Å². The van der Waals surface area contributed by atoms with E-state index in [1.165, 1.54) is 11.3 Å². The standard InChI is InChI=1S/C17H14BrN3O3S2/c18-12-5-3-10(4-6-12)15-11(9-19-20-15)8-13-16(24)21(17(25)26-13)7-1-2-14(22)23/h3-6,8-9,24H,1-2,7H2,(H,22,23). The SMILES string of the molecule is O=C(O)CCCn1c(O)c(C=C2C=NN=C2c2ccc(Br)cc2)sc1=S. The smallest absolute Gasteiger partial charge is 0.303 e. The molecule has 9 heteroatoms. The number of halogens is 1. The molecule has 0 radical (unpaired) electrons. The van der Waals surface area contributed by atoms with Crippen LogP contribution in [-0.4, -0.2) is 32.7 Å². The van der Waals surface area contributed by atoms with Gasteiger partial charge < -0.3 is 10.2 Å². The van der Waals surface area contributed by atoms with Gasteiger partial charge in [0.15, 0.2) is 3.95 Å². The minimum absolute atomic E-state index is 0.0283. The van der Waals surface area contributed by atoms with Crippen molar-refractivity contribution >= 4 is 63.5 Å². The van der Waals surface area contributed by atoms with Crippen LogP contribution < -0.4 is 0 Å². The second-order valence-electron chi connectivity index (χ2n) is 5.50. The van der Waals surface area contributed by atoms with Gasteiger partial charge in [0.25, 0.3) is 0 Å². The number of hydrogen-bond donors (Lipinski definition) is 2. The molecule has 0 saturated heterocycles. The van der Waals surface area contributed by atoms with Crippen LogP contribution in [0.15, 0.2) is 44.5 Å². The molecule has 0 spiro atoms. The van der Waals surface area contributed by atoms with E-state index in [0.717, 1.165) is 15.6 Å². The third-order valence-electron chi connectivity index (χ3n) is 3.70. The molecule has 0 fully saturated rings. The average Bonchev–Trinajstić information content (AvgIpc) is 3.15. The fraction of sp³-hybridized carbons (Fsp3) is 0.176. The third-order valence-corrected chi connectivity index (χ3v) is 5.61. The number of aromatic nitrogens is 1. The number of thiazole rings is 1. The van der Waals surface area contributed by atoms with Crippen LogP contribution in [0.2, 0.25) is 0 Å². The van der Waals surface area contributed by atoms with Gasteiger partial charge in [-0.15, -0.1) is 16.4 Å². The van der Waals surface area contributed by atoms with Gasteiger partial charge in [0, 0.05) is 28.6 Å². The molecule has 2 aromatic rings. The van der Waals surface area contributed by atoms with Gasteiger partial charge in [-0.1, -0.05) is 28.1 Å². The highest BCUT2D eigenvalue weighted by Crippen LogP contribution is 2.30. The minimum atomic E-state index is -0.869. The summed E-state index contributed by atoms with van der Waals surface area (Å²) in [7, 11) is 0. The van der Waals surface area contributed by atoms with Crippen molar-refractivity contribution in [3.05, 3.63) is 48.7 Å². The zero-order valence-electron chi connectivity index (χ0n) is 13.4. The molecule has 26 heavy (non-hydrogen) atoms. The average molecular weight is 452 g/mol. The molecule has 0 atom stereocenters. The number of benzene rings is 1. The zero-order chi connectivity index (χ0) is 18.7. The van der Waals surface area contributed by atoms with E-state index in [2.05, 4.69) is 26.1 Å². The molecule has 1 aliphatic heterocycles. The summed E-state index contributed by atoms with van der Waals surface area (Å²) in [5.41, 5.74) is 2.41. The number of hydrogen-bond acceptors (Lipinski definition) is 6. The Morgan fingerprint density at radius 3 is 2.77 bits per heavy atom. The molecule has 2 N–H and O–H groups in total. The highest BCUT2D eigenvalue weighted by Gasteiger charge is 2.16. The van der Waals surface area contributed by atoms with Crippen LogP contribution in [0, 0.1) is 3.95 Å². The van der Waals surface area contributed by atoms with E-state index in [4.69, 9.17) is 17.3 Å². The Hall–Kier alpha value is -2.10. The highest BCUT2D eigenvalue weighted by atomic mass is 79.9. The number of nitrogens with zero attached hydrogens (tertiary/aromatic N) is 3. The number of aliphatic carboxylic acids is 1. The normalized spacial score (nSPS) is 14.8. The maximum atomic E-state index is 10.7. The Labute approximate surface area is 167 Å². The van der Waals surface area contributed by atoms with Crippen LogP contribution in [0.25, 0.3) is 6.08 Å². The van der Waals surface area contributed by atoms with Crippen LogP contribution >= 0.6 is 39.5 Å². The fourth-order valence-electron chi connectivity index (χ4n) is 2.44. The molecule has 0 saturated carbocycles. The zero-order valence-corrected chi connectivity index (χ0v) is 16.6. The van der Waals surface area contributed by atoms with E-state index in [1.807, 2.05) is 24.3 Å². The van der Waals surface area contributed by atoms with E-state index in [0.29, 0.717) is 27.5 Å². The van der Waals surface area contributed by atoms with Gasteiger partial charge in [-0.05, 0) is 36.8 Å². The van der Waals surface area contributed by atoms with Crippen LogP contribution in [-0.2, 0) is 11.3 Å². The van der Waals surface area contributed by atoms with E-state index >= 15 is 0 Å². The Kier molecular flexibility index (Phi) is 5.80. The summed E-state index contributed by atoms with van der Waals surface area (Å²) < 4.78 is 3.02. The number of rotatable bonds is 6. The summed E-state index contributed by atoms with van der Waals surface area (Å²) in [5, 5.41) is 27.3. The second kappa shape index (κ2) is 8.07. The summed E-state index contributed by atoms with van der Waals surface area (Å²) in [6.07, 6.45) is 3.85. The molecule has 2 heterocycles. The van der Waals surface area contributed by atoms with Gasteiger partial charge in [0.1, 0.15) is 5.71 Å². The monoisotopic (exact) mass is 451 g/mol. The molecular formula is C17H14BrN3O3S2. The van der Waals surface area contributed by atoms with Crippen molar-refractivity contribution < 1.29 is 15.0 Å². The van der Waals surface area contributed by atoms with E-state index < -0.39 is 5.97 Å². The molecule has 134 valence electrons. The number of allylic oxidation sites excluding steroid dienone is 1. The first kappa shape index (κ1) is 18.7.